The van der Waals surface area contributed by atoms with Gasteiger partial charge in [0.05, 0.1) is 7.11 Å². The fraction of sp³-hybridized carbons (Fsp3) is 0.429. The number of nitrogens with zero attached hydrogens (tertiary/aromatic N) is 1. The van der Waals surface area contributed by atoms with E-state index in [0.717, 1.165) is 25.3 Å². The minimum Gasteiger partial charge on any atom is -0.496 e. The lowest BCUT2D eigenvalue weighted by Crippen LogP contribution is -2.13. The summed E-state index contributed by atoms with van der Waals surface area (Å²) in [5.74, 6) is 1.01. The molecule has 0 spiro atoms. The molecule has 0 amide bonds. The first-order chi connectivity index (χ1) is 7.74. The van der Waals surface area contributed by atoms with Gasteiger partial charge in [-0.2, -0.15) is 0 Å². The van der Waals surface area contributed by atoms with Crippen molar-refractivity contribution in [2.45, 2.75) is 20.3 Å². The molecule has 0 bridgehead atoms. The summed E-state index contributed by atoms with van der Waals surface area (Å²) in [6.07, 6.45) is 3.27. The zero-order valence-corrected chi connectivity index (χ0v) is 10.2. The summed E-state index contributed by atoms with van der Waals surface area (Å²) in [6.45, 7) is 6.01. The second kappa shape index (κ2) is 4.71. The number of hydrogen-bond donors (Lipinski definition) is 0. The first kappa shape index (κ1) is 11.2. The number of methoxy groups -OCH3 is 1. The van der Waals surface area contributed by atoms with Crippen LogP contribution in [-0.2, 0) is 0 Å². The van der Waals surface area contributed by atoms with E-state index in [1.54, 1.807) is 7.11 Å². The van der Waals surface area contributed by atoms with Gasteiger partial charge in [-0.15, -0.1) is 0 Å². The molecule has 2 nitrogen and oxygen atoms in total. The van der Waals surface area contributed by atoms with Crippen molar-refractivity contribution in [1.82, 2.24) is 5.32 Å². The lowest BCUT2D eigenvalue weighted by molar-refractivity contribution is 0.408. The predicted octanol–water partition coefficient (Wildman–Crippen LogP) is 2.70. The van der Waals surface area contributed by atoms with Gasteiger partial charge in [0, 0.05) is 13.1 Å². The number of hydrogen-bond acceptors (Lipinski definition) is 1. The molecule has 2 heteroatoms. The fourth-order valence-corrected chi connectivity index (χ4v) is 2.30. The molecular weight excluding hydrogens is 198 g/mol. The molecule has 1 aromatic rings. The topological polar surface area (TPSA) is 23.3 Å². The van der Waals surface area contributed by atoms with Crippen molar-refractivity contribution in [3.63, 3.8) is 0 Å². The Morgan fingerprint density at radius 3 is 2.69 bits per heavy atom. The third-order valence-electron chi connectivity index (χ3n) is 3.16. The molecule has 1 aliphatic rings. The minimum atomic E-state index is 0.852. The van der Waals surface area contributed by atoms with E-state index in [2.05, 4.69) is 37.4 Å². The SMILES string of the molecule is COc1c(C)ccc(C2=CC[N]CC2)c1C. The second-order valence-corrected chi connectivity index (χ2v) is 4.20. The normalized spacial score (nSPS) is 15.8. The van der Waals surface area contributed by atoms with Gasteiger partial charge in [0.2, 0.25) is 0 Å². The molecule has 2 rings (SSSR count). The largest absolute Gasteiger partial charge is 0.496 e. The van der Waals surface area contributed by atoms with Gasteiger partial charge in [0.25, 0.3) is 0 Å². The minimum absolute atomic E-state index is 0.852. The van der Waals surface area contributed by atoms with Crippen molar-refractivity contribution >= 4 is 5.57 Å². The van der Waals surface area contributed by atoms with Gasteiger partial charge in [-0.05, 0) is 42.5 Å². The maximum Gasteiger partial charge on any atom is 0.125 e. The predicted molar refractivity (Wildman–Crippen MR) is 66.9 cm³/mol. The molecule has 0 fully saturated rings. The highest BCUT2D eigenvalue weighted by Gasteiger charge is 2.13. The molecule has 0 saturated heterocycles. The summed E-state index contributed by atoms with van der Waals surface area (Å²) in [5.41, 5.74) is 5.17. The molecule has 0 aliphatic carbocycles. The molecule has 0 aromatic heterocycles. The van der Waals surface area contributed by atoms with Crippen LogP contribution in [-0.4, -0.2) is 20.2 Å². The van der Waals surface area contributed by atoms with Crippen LogP contribution < -0.4 is 10.1 Å². The lowest BCUT2D eigenvalue weighted by Gasteiger charge is -2.18. The molecule has 1 aliphatic heterocycles. The zero-order chi connectivity index (χ0) is 11.5. The molecule has 16 heavy (non-hydrogen) atoms. The molecule has 0 saturated carbocycles. The van der Waals surface area contributed by atoms with Crippen LogP contribution in [0.25, 0.3) is 5.57 Å². The van der Waals surface area contributed by atoms with Crippen LogP contribution in [0.3, 0.4) is 0 Å². The van der Waals surface area contributed by atoms with E-state index in [1.165, 1.54) is 22.3 Å². The Balaban J connectivity index is 2.45. The van der Waals surface area contributed by atoms with Gasteiger partial charge in [-0.1, -0.05) is 18.2 Å². The van der Waals surface area contributed by atoms with E-state index >= 15 is 0 Å². The Morgan fingerprint density at radius 1 is 1.25 bits per heavy atom. The molecular formula is C14H18NO. The van der Waals surface area contributed by atoms with Gasteiger partial charge in [-0.25, -0.2) is 5.32 Å². The van der Waals surface area contributed by atoms with Crippen LogP contribution in [0.15, 0.2) is 18.2 Å². The van der Waals surface area contributed by atoms with Crippen molar-refractivity contribution < 1.29 is 4.74 Å². The maximum absolute atomic E-state index is 5.46. The Morgan fingerprint density at radius 2 is 2.06 bits per heavy atom. The third-order valence-corrected chi connectivity index (χ3v) is 3.16. The molecule has 0 atom stereocenters. The summed E-state index contributed by atoms with van der Waals surface area (Å²) < 4.78 is 5.46. The van der Waals surface area contributed by atoms with Gasteiger partial charge in [0.15, 0.2) is 0 Å². The summed E-state index contributed by atoms with van der Waals surface area (Å²) in [6, 6.07) is 4.33. The number of aryl methyl sites for hydroxylation is 1. The second-order valence-electron chi connectivity index (χ2n) is 4.20. The van der Waals surface area contributed by atoms with Crippen LogP contribution >= 0.6 is 0 Å². The van der Waals surface area contributed by atoms with Gasteiger partial charge >= 0.3 is 0 Å². The van der Waals surface area contributed by atoms with Crippen LogP contribution in [0.1, 0.15) is 23.1 Å². The summed E-state index contributed by atoms with van der Waals surface area (Å²) in [7, 11) is 1.74. The highest BCUT2D eigenvalue weighted by molar-refractivity contribution is 5.71. The maximum atomic E-state index is 5.46. The number of ether oxygens (including phenoxy) is 1. The van der Waals surface area contributed by atoms with Crippen molar-refractivity contribution in [2.75, 3.05) is 20.2 Å². The molecule has 85 valence electrons. The van der Waals surface area contributed by atoms with Crippen LogP contribution in [0.4, 0.5) is 0 Å². The molecule has 1 aromatic carbocycles. The van der Waals surface area contributed by atoms with Crippen molar-refractivity contribution in [1.29, 1.82) is 0 Å². The highest BCUT2D eigenvalue weighted by atomic mass is 16.5. The standard InChI is InChI=1S/C14H18NO/c1-10-4-5-13(11(2)14(10)16-3)12-6-8-15-9-7-12/h4-6H,7-9H2,1-3H3. The smallest absolute Gasteiger partial charge is 0.125 e. The Bertz CT molecular complexity index is 421. The number of rotatable bonds is 2. The monoisotopic (exact) mass is 216 g/mol. The first-order valence-corrected chi connectivity index (χ1v) is 5.71. The van der Waals surface area contributed by atoms with E-state index < -0.39 is 0 Å². The van der Waals surface area contributed by atoms with Gasteiger partial charge in [0.1, 0.15) is 5.75 Å². The zero-order valence-electron chi connectivity index (χ0n) is 10.2. The van der Waals surface area contributed by atoms with Crippen LogP contribution in [0, 0.1) is 13.8 Å². The Hall–Kier alpha value is -1.28. The molecule has 1 radical (unpaired) electrons. The van der Waals surface area contributed by atoms with Gasteiger partial charge < -0.3 is 4.74 Å². The van der Waals surface area contributed by atoms with E-state index in [-0.39, 0.29) is 0 Å². The van der Waals surface area contributed by atoms with Gasteiger partial charge in [-0.3, -0.25) is 0 Å². The average Bonchev–Trinajstić information content (AvgIpc) is 2.31. The molecule has 0 unspecified atom stereocenters. The van der Waals surface area contributed by atoms with E-state index in [0.29, 0.717) is 0 Å². The fourth-order valence-electron chi connectivity index (χ4n) is 2.30. The quantitative estimate of drug-likeness (QED) is 0.745. The Kier molecular flexibility index (Phi) is 3.30. The highest BCUT2D eigenvalue weighted by Crippen LogP contribution is 2.31. The molecule has 1 heterocycles. The van der Waals surface area contributed by atoms with E-state index in [9.17, 15) is 0 Å². The Labute approximate surface area is 97.3 Å². The third kappa shape index (κ3) is 1.98. The van der Waals surface area contributed by atoms with E-state index in [4.69, 9.17) is 4.74 Å². The average molecular weight is 216 g/mol. The van der Waals surface area contributed by atoms with Crippen LogP contribution in [0.2, 0.25) is 0 Å². The first-order valence-electron chi connectivity index (χ1n) is 5.71. The molecule has 0 N–H and O–H groups in total. The van der Waals surface area contributed by atoms with Crippen LogP contribution in [0.5, 0.6) is 5.75 Å². The summed E-state index contributed by atoms with van der Waals surface area (Å²) >= 11 is 0. The van der Waals surface area contributed by atoms with Crippen molar-refractivity contribution in [2.24, 2.45) is 0 Å². The van der Waals surface area contributed by atoms with Crippen molar-refractivity contribution in [3.05, 3.63) is 34.9 Å². The number of benzene rings is 1. The van der Waals surface area contributed by atoms with Crippen molar-refractivity contribution in [3.8, 4) is 5.75 Å². The summed E-state index contributed by atoms with van der Waals surface area (Å²) in [5, 5.41) is 4.33. The van der Waals surface area contributed by atoms with E-state index in [1.807, 2.05) is 0 Å². The lowest BCUT2D eigenvalue weighted by atomic mass is 9.94. The summed E-state index contributed by atoms with van der Waals surface area (Å²) in [4.78, 5) is 0.